The monoisotopic (exact) mass is 298 g/mol. The smallest absolute Gasteiger partial charge is 0.123 e. The maximum atomic E-state index is 13.1. The molecule has 0 radical (unpaired) electrons. The van der Waals surface area contributed by atoms with Crippen molar-refractivity contribution in [1.29, 1.82) is 0 Å². The van der Waals surface area contributed by atoms with Crippen LogP contribution in [-0.2, 0) is 6.42 Å². The second-order valence-electron chi connectivity index (χ2n) is 7.01. The highest BCUT2D eigenvalue weighted by Crippen LogP contribution is 2.56. The highest BCUT2D eigenvalue weighted by molar-refractivity contribution is 5.47. The topological polar surface area (TPSA) is 20.2 Å². The first-order valence-electron chi connectivity index (χ1n) is 7.88. The number of hydrogen-bond donors (Lipinski definition) is 1. The van der Waals surface area contributed by atoms with Gasteiger partial charge in [0, 0.05) is 5.41 Å². The lowest BCUT2D eigenvalue weighted by molar-refractivity contribution is -0.0220. The molecule has 0 aromatic heterocycles. The van der Waals surface area contributed by atoms with E-state index in [9.17, 15) is 9.50 Å². The van der Waals surface area contributed by atoms with Gasteiger partial charge in [-0.25, -0.2) is 4.39 Å². The Morgan fingerprint density at radius 2 is 1.95 bits per heavy atom. The quantitative estimate of drug-likeness (QED) is 0.855. The van der Waals surface area contributed by atoms with Gasteiger partial charge in [-0.3, -0.25) is 0 Å². The molecule has 0 amide bonds. The van der Waals surface area contributed by atoms with Crippen molar-refractivity contribution in [2.45, 2.75) is 45.1 Å². The van der Waals surface area contributed by atoms with Gasteiger partial charge in [0.1, 0.15) is 5.82 Å². The highest BCUT2D eigenvalue weighted by Gasteiger charge is 2.51. The first kappa shape index (κ1) is 15.2. The van der Waals surface area contributed by atoms with Crippen LogP contribution in [0.4, 0.5) is 4.39 Å². The van der Waals surface area contributed by atoms with Gasteiger partial charge in [0.25, 0.3) is 0 Å². The summed E-state index contributed by atoms with van der Waals surface area (Å²) >= 11 is 0. The maximum absolute atomic E-state index is 13.1. The van der Waals surface area contributed by atoms with Crippen molar-refractivity contribution in [3.8, 4) is 0 Å². The average Bonchev–Trinajstić information content (AvgIpc) is 2.71. The summed E-state index contributed by atoms with van der Waals surface area (Å²) in [5.41, 5.74) is 4.02. The van der Waals surface area contributed by atoms with Gasteiger partial charge in [-0.15, -0.1) is 0 Å². The minimum absolute atomic E-state index is 0.192. The molecule has 1 saturated carbocycles. The van der Waals surface area contributed by atoms with E-state index in [0.29, 0.717) is 0 Å². The molecule has 2 atom stereocenters. The molecule has 22 heavy (non-hydrogen) atoms. The van der Waals surface area contributed by atoms with Crippen LogP contribution in [0.5, 0.6) is 0 Å². The van der Waals surface area contributed by atoms with Crippen LogP contribution in [0.25, 0.3) is 0 Å². The molecule has 0 heterocycles. The Balaban J connectivity index is 1.94. The number of fused-ring (bicyclic) bond motifs is 1. The number of aliphatic hydroxyl groups is 1. The molecular formula is C20H23FO. The normalized spacial score (nSPS) is 31.0. The van der Waals surface area contributed by atoms with E-state index in [1.54, 1.807) is 0 Å². The van der Waals surface area contributed by atoms with Crippen molar-refractivity contribution in [3.63, 3.8) is 0 Å². The van der Waals surface area contributed by atoms with Crippen molar-refractivity contribution in [2.24, 2.45) is 5.41 Å². The molecule has 1 nitrogen and oxygen atoms in total. The Morgan fingerprint density at radius 3 is 2.59 bits per heavy atom. The Hall–Kier alpha value is -1.67. The molecule has 1 aromatic rings. The van der Waals surface area contributed by atoms with Gasteiger partial charge >= 0.3 is 0 Å². The number of hydrogen-bond acceptors (Lipinski definition) is 1. The Labute approximate surface area is 131 Å². The van der Waals surface area contributed by atoms with Crippen LogP contribution in [0.15, 0.2) is 59.7 Å². The minimum Gasteiger partial charge on any atom is -0.389 e. The van der Waals surface area contributed by atoms with Crippen LogP contribution in [0.2, 0.25) is 0 Å². The average molecular weight is 298 g/mol. The van der Waals surface area contributed by atoms with E-state index in [-0.39, 0.29) is 11.2 Å². The minimum atomic E-state index is -0.658. The largest absolute Gasteiger partial charge is 0.389 e. The van der Waals surface area contributed by atoms with E-state index in [0.717, 1.165) is 31.2 Å². The third-order valence-electron chi connectivity index (χ3n) is 5.64. The third kappa shape index (κ3) is 2.36. The van der Waals surface area contributed by atoms with Crippen molar-refractivity contribution in [1.82, 2.24) is 0 Å². The molecule has 1 N–H and O–H groups in total. The predicted molar refractivity (Wildman–Crippen MR) is 88.0 cm³/mol. The number of allylic oxidation sites excluding steroid dienone is 4. The maximum Gasteiger partial charge on any atom is 0.123 e. The van der Waals surface area contributed by atoms with Crippen LogP contribution < -0.4 is 0 Å². The Kier molecular flexibility index (Phi) is 3.60. The van der Waals surface area contributed by atoms with Gasteiger partial charge in [0.2, 0.25) is 0 Å². The van der Waals surface area contributed by atoms with E-state index >= 15 is 0 Å². The molecular weight excluding hydrogens is 275 g/mol. The molecule has 2 unspecified atom stereocenters. The molecule has 0 bridgehead atoms. The fourth-order valence-electron chi connectivity index (χ4n) is 3.80. The van der Waals surface area contributed by atoms with Gasteiger partial charge in [-0.05, 0) is 61.4 Å². The van der Waals surface area contributed by atoms with Crippen molar-refractivity contribution in [3.05, 3.63) is 71.1 Å². The summed E-state index contributed by atoms with van der Waals surface area (Å²) in [6.07, 6.45) is 7.51. The first-order valence-corrected chi connectivity index (χ1v) is 7.88. The van der Waals surface area contributed by atoms with Crippen LogP contribution in [0.1, 0.15) is 38.7 Å². The summed E-state index contributed by atoms with van der Waals surface area (Å²) in [4.78, 5) is 0. The van der Waals surface area contributed by atoms with Gasteiger partial charge in [0.15, 0.2) is 0 Å². The molecule has 1 aromatic carbocycles. The highest BCUT2D eigenvalue weighted by atomic mass is 19.1. The van der Waals surface area contributed by atoms with Crippen LogP contribution in [0, 0.1) is 11.2 Å². The van der Waals surface area contributed by atoms with Gasteiger partial charge in [-0.1, -0.05) is 43.4 Å². The zero-order valence-corrected chi connectivity index (χ0v) is 13.3. The summed E-state index contributed by atoms with van der Waals surface area (Å²) in [5.74, 6) is -0.205. The standard InChI is InChI=1S/C20H23FO/c1-4-15-13-19(2)17(9-10-20(19,3)22)12-16(15)11-14-5-7-18(21)8-6-14/h4-8,12,22H,1,9-11,13H2,2-3H3. The number of benzene rings is 1. The molecule has 1 fully saturated rings. The van der Waals surface area contributed by atoms with Crippen molar-refractivity contribution < 1.29 is 9.50 Å². The molecule has 116 valence electrons. The second kappa shape index (κ2) is 5.20. The van der Waals surface area contributed by atoms with Gasteiger partial charge in [0.05, 0.1) is 5.60 Å². The summed E-state index contributed by atoms with van der Waals surface area (Å²) in [7, 11) is 0. The van der Waals surface area contributed by atoms with E-state index in [1.165, 1.54) is 28.9 Å². The summed E-state index contributed by atoms with van der Waals surface area (Å²) in [5, 5.41) is 10.7. The molecule has 0 spiro atoms. The van der Waals surface area contributed by atoms with Gasteiger partial charge < -0.3 is 5.11 Å². The van der Waals surface area contributed by atoms with E-state index in [4.69, 9.17) is 0 Å². The van der Waals surface area contributed by atoms with Crippen molar-refractivity contribution >= 4 is 0 Å². The first-order chi connectivity index (χ1) is 10.4. The van der Waals surface area contributed by atoms with Crippen LogP contribution >= 0.6 is 0 Å². The molecule has 2 heteroatoms. The second-order valence-corrected chi connectivity index (χ2v) is 7.01. The van der Waals surface area contributed by atoms with E-state index in [2.05, 4.69) is 19.6 Å². The zero-order chi connectivity index (χ0) is 16.0. The number of halogens is 1. The van der Waals surface area contributed by atoms with E-state index in [1.807, 2.05) is 25.1 Å². The lowest BCUT2D eigenvalue weighted by Crippen LogP contribution is -2.41. The lowest BCUT2D eigenvalue weighted by Gasteiger charge is -2.41. The molecule has 2 aliphatic rings. The van der Waals surface area contributed by atoms with E-state index < -0.39 is 5.60 Å². The Morgan fingerprint density at radius 1 is 1.27 bits per heavy atom. The molecule has 3 rings (SSSR count). The van der Waals surface area contributed by atoms with Crippen LogP contribution in [0.3, 0.4) is 0 Å². The van der Waals surface area contributed by atoms with Crippen LogP contribution in [-0.4, -0.2) is 10.7 Å². The summed E-state index contributed by atoms with van der Waals surface area (Å²) in [6.45, 7) is 8.06. The zero-order valence-electron chi connectivity index (χ0n) is 13.3. The fraction of sp³-hybridized carbons (Fsp3) is 0.400. The lowest BCUT2D eigenvalue weighted by atomic mass is 9.66. The van der Waals surface area contributed by atoms with Gasteiger partial charge in [-0.2, -0.15) is 0 Å². The number of rotatable bonds is 3. The SMILES string of the molecule is C=CC1=C(Cc2ccc(F)cc2)C=C2CCC(C)(O)C2(C)C1. The fourth-order valence-corrected chi connectivity index (χ4v) is 3.80. The van der Waals surface area contributed by atoms with Crippen molar-refractivity contribution in [2.75, 3.05) is 0 Å². The summed E-state index contributed by atoms with van der Waals surface area (Å²) in [6, 6.07) is 6.67. The Bertz CT molecular complexity index is 663. The molecule has 2 aliphatic carbocycles. The predicted octanol–water partition coefficient (Wildman–Crippen LogP) is 4.73. The molecule has 0 aliphatic heterocycles. The molecule has 0 saturated heterocycles. The summed E-state index contributed by atoms with van der Waals surface area (Å²) < 4.78 is 13.1. The third-order valence-corrected chi connectivity index (χ3v) is 5.64.